The molecule has 2 amide bonds. The molecule has 0 aliphatic rings. The second-order valence-corrected chi connectivity index (χ2v) is 11.1. The number of anilines is 1. The number of aromatic amines is 1. The average molecular weight is 570 g/mol. The summed E-state index contributed by atoms with van der Waals surface area (Å²) in [5.41, 5.74) is 8.43. The van der Waals surface area contributed by atoms with E-state index < -0.39 is 35.8 Å². The normalized spacial score (nSPS) is 14.2. The van der Waals surface area contributed by atoms with Gasteiger partial charge < -0.3 is 26.5 Å². The largest absolute Gasteiger partial charge is 0.384 e. The highest BCUT2D eigenvalue weighted by molar-refractivity contribution is 5.97. The van der Waals surface area contributed by atoms with Crippen LogP contribution in [0.3, 0.4) is 0 Å². The van der Waals surface area contributed by atoms with Gasteiger partial charge in [-0.1, -0.05) is 74.5 Å². The number of nitrogens with zero attached hydrogens (tertiary/aromatic N) is 1. The van der Waals surface area contributed by atoms with E-state index in [0.717, 1.165) is 16.3 Å². The number of rotatable bonds is 14. The lowest BCUT2D eigenvalue weighted by Crippen LogP contribution is -2.53. The number of hydrogen-bond donors (Lipinski definition) is 5. The van der Waals surface area contributed by atoms with Gasteiger partial charge in [-0.15, -0.1) is 0 Å². The van der Waals surface area contributed by atoms with Gasteiger partial charge in [0.1, 0.15) is 6.10 Å². The van der Waals surface area contributed by atoms with E-state index in [2.05, 4.69) is 20.6 Å². The lowest BCUT2D eigenvalue weighted by Gasteiger charge is -2.27. The minimum atomic E-state index is -1.49. The average Bonchev–Trinajstić information content (AvgIpc) is 3.49. The van der Waals surface area contributed by atoms with Gasteiger partial charge in [-0.2, -0.15) is 0 Å². The Bertz CT molecular complexity index is 1470. The summed E-state index contributed by atoms with van der Waals surface area (Å²) in [7, 11) is 0. The second kappa shape index (κ2) is 14.5. The van der Waals surface area contributed by atoms with E-state index in [1.807, 2.05) is 74.5 Å². The number of carbonyl (C=O) groups is 3. The fourth-order valence-electron chi connectivity index (χ4n) is 5.14. The van der Waals surface area contributed by atoms with Crippen molar-refractivity contribution in [2.45, 2.75) is 57.7 Å². The molecule has 6 N–H and O–H groups in total. The molecule has 1 heterocycles. The molecule has 42 heavy (non-hydrogen) atoms. The Morgan fingerprint density at radius 2 is 1.67 bits per heavy atom. The van der Waals surface area contributed by atoms with Crippen LogP contribution in [0, 0.1) is 11.8 Å². The van der Waals surface area contributed by atoms with Crippen molar-refractivity contribution in [3.63, 3.8) is 0 Å². The van der Waals surface area contributed by atoms with Crippen LogP contribution in [0.2, 0.25) is 0 Å². The molecule has 9 nitrogen and oxygen atoms in total. The quantitative estimate of drug-likeness (QED) is 0.156. The number of fused-ring (bicyclic) bond motifs is 1. The summed E-state index contributed by atoms with van der Waals surface area (Å²) in [5.74, 6) is -2.01. The molecule has 2 unspecified atom stereocenters. The predicted octanol–water partition coefficient (Wildman–Crippen LogP) is 3.78. The Hall–Kier alpha value is -4.34. The summed E-state index contributed by atoms with van der Waals surface area (Å²) in [6.07, 6.45) is 2.34. The van der Waals surface area contributed by atoms with Crippen molar-refractivity contribution >= 4 is 34.1 Å². The molecule has 4 aromatic rings. The molecule has 4 rings (SSSR count). The standard InChI is InChI=1S/C33H39N5O4/c1-21(2)15-29(32(41)31(40)28(34)18-26-19-35-20-36-26)38-33(42)24(17-30(39)37-25-12-4-3-5-13-25)16-23-11-8-10-22-9-6-7-14-27(22)23/h3-14,19-21,24,28-29,31,40H,15-18,34H2,1-2H3,(H,35,36)(H,37,39)(H,38,42)/t24?,28-,29-,31?/m0/s1. The number of aromatic nitrogens is 2. The topological polar surface area (TPSA) is 150 Å². The molecular weight excluding hydrogens is 530 g/mol. The molecular formula is C33H39N5O4. The van der Waals surface area contributed by atoms with Crippen LogP contribution in [-0.2, 0) is 27.2 Å². The van der Waals surface area contributed by atoms with E-state index in [-0.39, 0.29) is 24.7 Å². The number of benzene rings is 3. The number of nitrogens with two attached hydrogens (primary N) is 1. The number of ketones is 1. The highest BCUT2D eigenvalue weighted by Gasteiger charge is 2.34. The predicted molar refractivity (Wildman–Crippen MR) is 163 cm³/mol. The number of hydrogen-bond acceptors (Lipinski definition) is 6. The fourth-order valence-corrected chi connectivity index (χ4v) is 5.14. The number of nitrogens with one attached hydrogen (secondary N) is 3. The molecule has 1 aromatic heterocycles. The van der Waals surface area contributed by atoms with E-state index >= 15 is 0 Å². The van der Waals surface area contributed by atoms with Crippen molar-refractivity contribution in [1.29, 1.82) is 0 Å². The molecule has 0 aliphatic carbocycles. The van der Waals surface area contributed by atoms with Crippen molar-refractivity contribution in [1.82, 2.24) is 15.3 Å². The molecule has 0 spiro atoms. The van der Waals surface area contributed by atoms with Gasteiger partial charge in [-0.25, -0.2) is 4.98 Å². The zero-order valence-corrected chi connectivity index (χ0v) is 24.0. The number of imidazole rings is 1. The van der Waals surface area contributed by atoms with Crippen LogP contribution < -0.4 is 16.4 Å². The van der Waals surface area contributed by atoms with Crippen LogP contribution in [0.1, 0.15) is 37.9 Å². The van der Waals surface area contributed by atoms with Gasteiger partial charge in [-0.05, 0) is 47.2 Å². The first-order valence-corrected chi connectivity index (χ1v) is 14.3. The highest BCUT2D eigenvalue weighted by Crippen LogP contribution is 2.24. The van der Waals surface area contributed by atoms with Gasteiger partial charge in [0.05, 0.1) is 18.3 Å². The van der Waals surface area contributed by atoms with Gasteiger partial charge in [0, 0.05) is 36.5 Å². The molecule has 0 saturated carbocycles. The Morgan fingerprint density at radius 3 is 2.38 bits per heavy atom. The molecule has 0 fully saturated rings. The summed E-state index contributed by atoms with van der Waals surface area (Å²) in [5, 5.41) is 18.6. The maximum Gasteiger partial charge on any atom is 0.225 e. The third-order valence-corrected chi connectivity index (χ3v) is 7.28. The lowest BCUT2D eigenvalue weighted by molar-refractivity contribution is -0.136. The Labute approximate surface area is 245 Å². The Morgan fingerprint density at radius 1 is 0.952 bits per heavy atom. The summed E-state index contributed by atoms with van der Waals surface area (Å²) in [4.78, 5) is 47.3. The number of amides is 2. The zero-order valence-electron chi connectivity index (χ0n) is 24.0. The molecule has 4 atom stereocenters. The molecule has 3 aromatic carbocycles. The monoisotopic (exact) mass is 569 g/mol. The minimum Gasteiger partial charge on any atom is -0.384 e. The first-order chi connectivity index (χ1) is 20.2. The van der Waals surface area contributed by atoms with E-state index in [9.17, 15) is 19.5 Å². The fraction of sp³-hybridized carbons (Fsp3) is 0.333. The summed E-state index contributed by atoms with van der Waals surface area (Å²) in [6.45, 7) is 3.87. The first kappa shape index (κ1) is 30.6. The zero-order chi connectivity index (χ0) is 30.1. The van der Waals surface area contributed by atoms with Crippen molar-refractivity contribution < 1.29 is 19.5 Å². The van der Waals surface area contributed by atoms with Crippen molar-refractivity contribution in [2.24, 2.45) is 17.6 Å². The van der Waals surface area contributed by atoms with Crippen molar-refractivity contribution in [3.8, 4) is 0 Å². The molecule has 0 radical (unpaired) electrons. The number of aliphatic hydroxyl groups is 1. The number of H-pyrrole nitrogens is 1. The Balaban J connectivity index is 1.55. The second-order valence-electron chi connectivity index (χ2n) is 11.1. The summed E-state index contributed by atoms with van der Waals surface area (Å²) >= 11 is 0. The van der Waals surface area contributed by atoms with Crippen molar-refractivity contribution in [2.75, 3.05) is 5.32 Å². The number of Topliss-reactive ketones (excluding diaryl/α,β-unsaturated/α-hetero) is 1. The first-order valence-electron chi connectivity index (χ1n) is 14.3. The molecule has 220 valence electrons. The van der Waals surface area contributed by atoms with Crippen LogP contribution in [0.5, 0.6) is 0 Å². The van der Waals surface area contributed by atoms with E-state index in [4.69, 9.17) is 5.73 Å². The van der Waals surface area contributed by atoms with E-state index in [0.29, 0.717) is 24.2 Å². The Kier molecular flexibility index (Phi) is 10.6. The molecule has 0 saturated heterocycles. The van der Waals surface area contributed by atoms with E-state index in [1.165, 1.54) is 6.33 Å². The number of para-hydroxylation sites is 1. The van der Waals surface area contributed by atoms with E-state index in [1.54, 1.807) is 18.3 Å². The van der Waals surface area contributed by atoms with Gasteiger partial charge in [0.15, 0.2) is 5.78 Å². The molecule has 0 bridgehead atoms. The minimum absolute atomic E-state index is 0.0492. The lowest BCUT2D eigenvalue weighted by atomic mass is 9.89. The third-order valence-electron chi connectivity index (χ3n) is 7.28. The number of carbonyl (C=O) groups excluding carboxylic acids is 3. The van der Waals surface area contributed by atoms with Crippen LogP contribution in [0.15, 0.2) is 85.3 Å². The molecule has 9 heteroatoms. The summed E-state index contributed by atoms with van der Waals surface area (Å²) < 4.78 is 0. The summed E-state index contributed by atoms with van der Waals surface area (Å²) in [6, 6.07) is 21.0. The van der Waals surface area contributed by atoms with Crippen LogP contribution in [-0.4, -0.2) is 50.9 Å². The van der Waals surface area contributed by atoms with Gasteiger partial charge >= 0.3 is 0 Å². The smallest absolute Gasteiger partial charge is 0.225 e. The van der Waals surface area contributed by atoms with Gasteiger partial charge in [0.2, 0.25) is 11.8 Å². The van der Waals surface area contributed by atoms with Crippen molar-refractivity contribution in [3.05, 3.63) is 96.6 Å². The third kappa shape index (κ3) is 8.34. The van der Waals surface area contributed by atoms with Crippen LogP contribution in [0.25, 0.3) is 10.8 Å². The highest BCUT2D eigenvalue weighted by atomic mass is 16.3. The maximum atomic E-state index is 13.8. The van der Waals surface area contributed by atoms with Gasteiger partial charge in [-0.3, -0.25) is 14.4 Å². The number of aliphatic hydroxyl groups excluding tert-OH is 1. The maximum absolute atomic E-state index is 13.8. The van der Waals surface area contributed by atoms with Gasteiger partial charge in [0.25, 0.3) is 0 Å². The van der Waals surface area contributed by atoms with Crippen LogP contribution in [0.4, 0.5) is 5.69 Å². The van der Waals surface area contributed by atoms with Crippen LogP contribution >= 0.6 is 0 Å². The molecule has 0 aliphatic heterocycles. The SMILES string of the molecule is CC(C)C[C@H](NC(=O)C(CC(=O)Nc1ccccc1)Cc1cccc2ccccc12)C(=O)C(O)[C@@H](N)Cc1cnc[nH]1.